The Bertz CT molecular complexity index is 1600. The minimum absolute atomic E-state index is 0.142. The van der Waals surface area contributed by atoms with E-state index in [2.05, 4.69) is 44.1 Å². The first-order valence-corrected chi connectivity index (χ1v) is 16.6. The van der Waals surface area contributed by atoms with Gasteiger partial charge < -0.3 is 10.1 Å². The van der Waals surface area contributed by atoms with Crippen LogP contribution in [0.5, 0.6) is 5.75 Å². The van der Waals surface area contributed by atoms with E-state index in [1.807, 2.05) is 13.0 Å². The molecule has 44 heavy (non-hydrogen) atoms. The Morgan fingerprint density at radius 1 is 1.00 bits per heavy atom. The number of pyridine rings is 1. The Morgan fingerprint density at radius 3 is 2.30 bits per heavy atom. The molecule has 0 saturated heterocycles. The van der Waals surface area contributed by atoms with Crippen LogP contribution in [0.25, 0.3) is 0 Å². The lowest BCUT2D eigenvalue weighted by Crippen LogP contribution is -2.74. The number of aromatic nitrogens is 1. The number of nitrogens with one attached hydrogen (secondary N) is 1. The molecule has 0 radical (unpaired) electrons. The van der Waals surface area contributed by atoms with Crippen LogP contribution in [0.4, 0.5) is 0 Å². The fraction of sp³-hybridized carbons (Fsp3) is 0.441. The van der Waals surface area contributed by atoms with E-state index in [4.69, 9.17) is 25.8 Å². The molecular weight excluding hydrogens is 598 g/mol. The molecule has 1 aliphatic carbocycles. The van der Waals surface area contributed by atoms with Crippen LogP contribution in [-0.2, 0) is 20.7 Å². The van der Waals surface area contributed by atoms with Crippen LogP contribution in [0, 0.1) is 29.1 Å². The van der Waals surface area contributed by atoms with Gasteiger partial charge in [-0.15, -0.1) is 0 Å². The SMILES string of the molecule is Cc1ccc(S(=O)(=O)OCCCCCCc2ccc(C(=O)N[C@H]3C(C)(C)[C@H](Oc4ccc(C#N)c(Cl)c4)C3(C)C)cn2)cc1. The molecule has 1 saturated carbocycles. The largest absolute Gasteiger partial charge is 0.489 e. The van der Waals surface area contributed by atoms with Gasteiger partial charge in [0.15, 0.2) is 0 Å². The molecule has 1 aromatic heterocycles. The van der Waals surface area contributed by atoms with Crippen LogP contribution in [-0.4, -0.2) is 38.1 Å². The van der Waals surface area contributed by atoms with Gasteiger partial charge in [-0.1, -0.05) is 69.8 Å². The first-order chi connectivity index (χ1) is 20.8. The number of benzene rings is 2. The summed E-state index contributed by atoms with van der Waals surface area (Å²) >= 11 is 6.19. The summed E-state index contributed by atoms with van der Waals surface area (Å²) in [6, 6.07) is 17.2. The van der Waals surface area contributed by atoms with Gasteiger partial charge in [-0.3, -0.25) is 14.0 Å². The maximum absolute atomic E-state index is 13.2. The molecule has 0 bridgehead atoms. The maximum Gasteiger partial charge on any atom is 0.296 e. The van der Waals surface area contributed by atoms with E-state index in [-0.39, 0.29) is 40.4 Å². The number of rotatable bonds is 13. The Balaban J connectivity index is 1.20. The maximum atomic E-state index is 13.2. The molecule has 3 aromatic rings. The quantitative estimate of drug-likeness (QED) is 0.158. The molecule has 0 aliphatic heterocycles. The van der Waals surface area contributed by atoms with Gasteiger partial charge in [-0.25, -0.2) is 0 Å². The summed E-state index contributed by atoms with van der Waals surface area (Å²) in [5.74, 6) is 0.403. The summed E-state index contributed by atoms with van der Waals surface area (Å²) in [6.07, 6.45) is 5.51. The third-order valence-corrected chi connectivity index (χ3v) is 10.0. The van der Waals surface area contributed by atoms with Gasteiger partial charge in [0, 0.05) is 34.8 Å². The first kappa shape index (κ1) is 33.4. The van der Waals surface area contributed by atoms with Gasteiger partial charge in [0.05, 0.1) is 27.7 Å². The minimum Gasteiger partial charge on any atom is -0.489 e. The van der Waals surface area contributed by atoms with E-state index in [1.54, 1.807) is 54.7 Å². The number of hydrogen-bond acceptors (Lipinski definition) is 7. The van der Waals surface area contributed by atoms with Crippen molar-refractivity contribution in [2.45, 2.75) is 83.8 Å². The van der Waals surface area contributed by atoms with Crippen LogP contribution in [0.2, 0.25) is 5.02 Å². The van der Waals surface area contributed by atoms with E-state index in [1.165, 1.54) is 0 Å². The van der Waals surface area contributed by atoms with E-state index in [0.29, 0.717) is 28.3 Å². The van der Waals surface area contributed by atoms with Gasteiger partial charge in [-0.05, 0) is 62.6 Å². The Labute approximate surface area is 265 Å². The Morgan fingerprint density at radius 2 is 1.68 bits per heavy atom. The number of carbonyl (C=O) groups is 1. The summed E-state index contributed by atoms with van der Waals surface area (Å²) in [4.78, 5) is 17.8. The molecule has 4 rings (SSSR count). The number of nitrogens with zero attached hydrogens (tertiary/aromatic N) is 2. The highest BCUT2D eigenvalue weighted by molar-refractivity contribution is 7.86. The Hall–Kier alpha value is -3.45. The standard InChI is InChI=1S/C34H40ClN3O5S/c1-23-11-17-28(18-12-23)44(40,41)42-19-9-7-6-8-10-26-15-13-25(22-37-26)30(39)38-31-33(2,3)32(34(31,4)5)43-27-16-14-24(21-36)29(35)20-27/h11-18,20,22,31-32H,6-10,19H2,1-5H3,(H,38,39)/t31-,32-. The van der Waals surface area contributed by atoms with Gasteiger partial charge >= 0.3 is 0 Å². The second kappa shape index (κ2) is 13.7. The molecule has 1 fully saturated rings. The van der Waals surface area contributed by atoms with Crippen LogP contribution in [0.15, 0.2) is 65.7 Å². The van der Waals surface area contributed by atoms with E-state index in [9.17, 15) is 13.2 Å². The van der Waals surface area contributed by atoms with Gasteiger partial charge in [0.1, 0.15) is 17.9 Å². The number of carbonyl (C=O) groups excluding carboxylic acids is 1. The van der Waals surface area contributed by atoms with Gasteiger partial charge in [0.2, 0.25) is 0 Å². The highest BCUT2D eigenvalue weighted by Crippen LogP contribution is 2.55. The fourth-order valence-electron chi connectivity index (χ4n) is 6.22. The molecule has 0 atom stereocenters. The normalized spacial score (nSPS) is 18.6. The van der Waals surface area contributed by atoms with Crippen molar-refractivity contribution in [1.29, 1.82) is 5.26 Å². The Kier molecular flexibility index (Phi) is 10.4. The monoisotopic (exact) mass is 637 g/mol. The zero-order valence-electron chi connectivity index (χ0n) is 25.9. The number of hydrogen-bond donors (Lipinski definition) is 1. The lowest BCUT2D eigenvalue weighted by Gasteiger charge is -2.63. The number of aryl methyl sites for hydroxylation is 2. The predicted molar refractivity (Wildman–Crippen MR) is 170 cm³/mol. The van der Waals surface area contributed by atoms with Crippen molar-refractivity contribution in [3.63, 3.8) is 0 Å². The van der Waals surface area contributed by atoms with Crippen molar-refractivity contribution in [3.8, 4) is 11.8 Å². The van der Waals surface area contributed by atoms with Crippen LogP contribution in [0.1, 0.15) is 80.6 Å². The zero-order chi connectivity index (χ0) is 32.1. The summed E-state index contributed by atoms with van der Waals surface area (Å²) < 4.78 is 36.0. The van der Waals surface area contributed by atoms with Crippen molar-refractivity contribution >= 4 is 27.6 Å². The number of ether oxygens (including phenoxy) is 1. The lowest BCUT2D eigenvalue weighted by atomic mass is 9.49. The topological polar surface area (TPSA) is 118 Å². The van der Waals surface area contributed by atoms with Crippen LogP contribution < -0.4 is 10.1 Å². The molecule has 10 heteroatoms. The lowest BCUT2D eigenvalue weighted by molar-refractivity contribution is -0.164. The average molecular weight is 638 g/mol. The molecule has 0 spiro atoms. The van der Waals surface area contributed by atoms with Crippen molar-refractivity contribution in [2.24, 2.45) is 10.8 Å². The van der Waals surface area contributed by atoms with E-state index >= 15 is 0 Å². The predicted octanol–water partition coefficient (Wildman–Crippen LogP) is 7.04. The highest BCUT2D eigenvalue weighted by atomic mass is 35.5. The molecule has 1 N–H and O–H groups in total. The van der Waals surface area contributed by atoms with Gasteiger partial charge in [0.25, 0.3) is 16.0 Å². The second-order valence-electron chi connectivity index (χ2n) is 12.6. The summed E-state index contributed by atoms with van der Waals surface area (Å²) in [7, 11) is -3.72. The van der Waals surface area contributed by atoms with E-state index in [0.717, 1.165) is 36.9 Å². The van der Waals surface area contributed by atoms with Crippen molar-refractivity contribution in [3.05, 3.63) is 88.2 Å². The molecular formula is C34H40ClN3O5S. The van der Waals surface area contributed by atoms with Crippen molar-refractivity contribution in [1.82, 2.24) is 10.3 Å². The molecule has 1 aliphatic rings. The highest BCUT2D eigenvalue weighted by Gasteiger charge is 2.64. The molecule has 1 heterocycles. The molecule has 234 valence electrons. The zero-order valence-corrected chi connectivity index (χ0v) is 27.5. The van der Waals surface area contributed by atoms with Crippen LogP contribution >= 0.6 is 11.6 Å². The molecule has 1 amide bonds. The summed E-state index contributed by atoms with van der Waals surface area (Å²) in [5, 5.41) is 12.7. The third kappa shape index (κ3) is 7.60. The van der Waals surface area contributed by atoms with Crippen molar-refractivity contribution < 1.29 is 22.1 Å². The van der Waals surface area contributed by atoms with Gasteiger partial charge in [-0.2, -0.15) is 13.7 Å². The second-order valence-corrected chi connectivity index (χ2v) is 14.6. The number of halogens is 1. The summed E-state index contributed by atoms with van der Waals surface area (Å²) in [5.41, 5.74) is 2.07. The third-order valence-electron chi connectivity index (χ3n) is 8.39. The number of unbranched alkanes of at least 4 members (excludes halogenated alkanes) is 3. The van der Waals surface area contributed by atoms with Crippen molar-refractivity contribution in [2.75, 3.05) is 6.61 Å². The summed E-state index contributed by atoms with van der Waals surface area (Å²) in [6.45, 7) is 10.3. The first-order valence-electron chi connectivity index (χ1n) is 14.8. The fourth-order valence-corrected chi connectivity index (χ4v) is 7.38. The minimum atomic E-state index is -3.72. The molecule has 0 unspecified atom stereocenters. The molecule has 2 aromatic carbocycles. The number of nitriles is 1. The van der Waals surface area contributed by atoms with E-state index < -0.39 is 10.1 Å². The smallest absolute Gasteiger partial charge is 0.296 e. The average Bonchev–Trinajstić information content (AvgIpc) is 2.98. The van der Waals surface area contributed by atoms with Crippen LogP contribution in [0.3, 0.4) is 0 Å². The molecule has 8 nitrogen and oxygen atoms in total. The number of amides is 1.